The van der Waals surface area contributed by atoms with Crippen molar-refractivity contribution in [2.75, 3.05) is 25.5 Å². The number of rotatable bonds is 5. The third-order valence-electron chi connectivity index (χ3n) is 4.97. The fourth-order valence-corrected chi connectivity index (χ4v) is 3.55. The molecule has 3 aromatic heterocycles. The van der Waals surface area contributed by atoms with Gasteiger partial charge in [0.25, 0.3) is 0 Å². The van der Waals surface area contributed by atoms with Gasteiger partial charge in [-0.05, 0) is 25.0 Å². The number of anilines is 1. The minimum Gasteiger partial charge on any atom is -0.481 e. The summed E-state index contributed by atoms with van der Waals surface area (Å²) in [5, 5.41) is 12.1. The van der Waals surface area contributed by atoms with Gasteiger partial charge >= 0.3 is 0 Å². The largest absolute Gasteiger partial charge is 0.481 e. The van der Waals surface area contributed by atoms with Crippen molar-refractivity contribution in [2.24, 2.45) is 0 Å². The molecule has 1 atom stereocenters. The zero-order chi connectivity index (χ0) is 21.1. The average Bonchev–Trinajstić information content (AvgIpc) is 3.17. The van der Waals surface area contributed by atoms with Crippen molar-refractivity contribution in [1.29, 1.82) is 5.26 Å². The predicted octanol–water partition coefficient (Wildman–Crippen LogP) is 2.26. The lowest BCUT2D eigenvalue weighted by Crippen LogP contribution is -2.45. The number of nitrogens with zero attached hydrogens (tertiary/aromatic N) is 6. The van der Waals surface area contributed by atoms with Gasteiger partial charge in [0.05, 0.1) is 19.4 Å². The Kier molecular flexibility index (Phi) is 5.43. The van der Waals surface area contributed by atoms with Crippen molar-refractivity contribution in [3.8, 4) is 23.5 Å². The summed E-state index contributed by atoms with van der Waals surface area (Å²) < 4.78 is 20.6. The summed E-state index contributed by atoms with van der Waals surface area (Å²) in [4.78, 5) is 26.9. The van der Waals surface area contributed by atoms with Crippen LogP contribution in [0.25, 0.3) is 17.2 Å². The second-order valence-electron chi connectivity index (χ2n) is 7.00. The van der Waals surface area contributed by atoms with Crippen molar-refractivity contribution in [3.63, 3.8) is 0 Å². The highest BCUT2D eigenvalue weighted by Gasteiger charge is 2.24. The van der Waals surface area contributed by atoms with Crippen LogP contribution in [-0.2, 0) is 4.79 Å². The Balaban J connectivity index is 1.61. The second-order valence-corrected chi connectivity index (χ2v) is 7.00. The predicted molar refractivity (Wildman–Crippen MR) is 106 cm³/mol. The van der Waals surface area contributed by atoms with E-state index in [1.807, 2.05) is 6.07 Å². The number of imidazole rings is 1. The molecule has 9 nitrogen and oxygen atoms in total. The molecule has 154 valence electrons. The molecule has 30 heavy (non-hydrogen) atoms. The molecule has 0 aliphatic carbocycles. The molecule has 3 aromatic rings. The van der Waals surface area contributed by atoms with Gasteiger partial charge in [-0.25, -0.2) is 14.4 Å². The maximum Gasteiger partial charge on any atom is 0.236 e. The summed E-state index contributed by atoms with van der Waals surface area (Å²) >= 11 is 0. The van der Waals surface area contributed by atoms with E-state index < -0.39 is 5.82 Å². The number of pyridine rings is 1. The van der Waals surface area contributed by atoms with Crippen LogP contribution in [0.3, 0.4) is 0 Å². The molecule has 4 rings (SSSR count). The molecular formula is C20H20FN7O2. The quantitative estimate of drug-likeness (QED) is 0.688. The summed E-state index contributed by atoms with van der Waals surface area (Å²) in [6, 6.07) is 6.47. The van der Waals surface area contributed by atoms with E-state index in [0.29, 0.717) is 42.0 Å². The van der Waals surface area contributed by atoms with Gasteiger partial charge in [-0.15, -0.1) is 0 Å². The third kappa shape index (κ3) is 4.00. The van der Waals surface area contributed by atoms with Gasteiger partial charge in [0, 0.05) is 31.4 Å². The Hall–Kier alpha value is -3.74. The maximum absolute atomic E-state index is 13.7. The zero-order valence-corrected chi connectivity index (χ0v) is 16.4. The first-order chi connectivity index (χ1) is 14.6. The summed E-state index contributed by atoms with van der Waals surface area (Å²) in [5.74, 6) is 0.651. The summed E-state index contributed by atoms with van der Waals surface area (Å²) in [6.07, 6.45) is 4.47. The van der Waals surface area contributed by atoms with Crippen LogP contribution < -0.4 is 10.1 Å². The Morgan fingerprint density at radius 1 is 1.43 bits per heavy atom. The summed E-state index contributed by atoms with van der Waals surface area (Å²) in [7, 11) is 1.51. The second kappa shape index (κ2) is 8.32. The lowest BCUT2D eigenvalue weighted by atomic mass is 10.1. The van der Waals surface area contributed by atoms with Crippen LogP contribution in [0.2, 0.25) is 0 Å². The number of amides is 1. The maximum atomic E-state index is 13.7. The number of fused-ring (bicyclic) bond motifs is 1. The van der Waals surface area contributed by atoms with Crippen molar-refractivity contribution in [1.82, 2.24) is 24.3 Å². The van der Waals surface area contributed by atoms with Crippen LogP contribution in [0.4, 0.5) is 10.2 Å². The number of halogens is 1. The van der Waals surface area contributed by atoms with E-state index in [2.05, 4.69) is 20.3 Å². The normalized spacial score (nSPS) is 16.3. The lowest BCUT2D eigenvalue weighted by molar-refractivity contribution is -0.131. The van der Waals surface area contributed by atoms with E-state index in [0.717, 1.165) is 12.8 Å². The number of methoxy groups -OCH3 is 1. The van der Waals surface area contributed by atoms with Gasteiger partial charge in [0.1, 0.15) is 29.4 Å². The van der Waals surface area contributed by atoms with Gasteiger partial charge in [0.15, 0.2) is 5.82 Å². The number of ether oxygens (including phenoxy) is 1. The number of carbonyl (C=O) groups is 1. The number of hydrogen-bond acceptors (Lipinski definition) is 7. The Labute approximate surface area is 172 Å². The number of nitrogens with one attached hydrogen (secondary N) is 1. The molecule has 1 amide bonds. The summed E-state index contributed by atoms with van der Waals surface area (Å²) in [5.41, 5.74) is 1.10. The Bertz CT molecular complexity index is 1120. The Morgan fingerprint density at radius 2 is 2.30 bits per heavy atom. The first-order valence-corrected chi connectivity index (χ1v) is 9.54. The molecule has 4 heterocycles. The van der Waals surface area contributed by atoms with Gasteiger partial charge in [-0.3, -0.25) is 9.20 Å². The molecule has 1 N–H and O–H groups in total. The number of piperidine rings is 1. The van der Waals surface area contributed by atoms with Gasteiger partial charge < -0.3 is 15.0 Å². The van der Waals surface area contributed by atoms with E-state index in [4.69, 9.17) is 10.00 Å². The van der Waals surface area contributed by atoms with Crippen LogP contribution in [0.1, 0.15) is 19.3 Å². The van der Waals surface area contributed by atoms with Crippen LogP contribution in [0, 0.1) is 17.1 Å². The minimum atomic E-state index is -0.396. The molecule has 1 saturated heterocycles. The fourth-order valence-electron chi connectivity index (χ4n) is 3.55. The number of likely N-dealkylation sites (tertiary alicyclic amines) is 1. The van der Waals surface area contributed by atoms with Gasteiger partial charge in [0.2, 0.25) is 11.8 Å². The fraction of sp³-hybridized carbons (Fsp3) is 0.350. The molecule has 10 heteroatoms. The van der Waals surface area contributed by atoms with Crippen LogP contribution in [-0.4, -0.2) is 56.4 Å². The van der Waals surface area contributed by atoms with Crippen molar-refractivity contribution in [2.45, 2.75) is 25.3 Å². The number of aromatic nitrogens is 4. The highest BCUT2D eigenvalue weighted by Crippen LogP contribution is 2.24. The van der Waals surface area contributed by atoms with E-state index in [1.54, 1.807) is 27.6 Å². The molecule has 1 fully saturated rings. The monoisotopic (exact) mass is 409 g/mol. The number of hydrogen-bond donors (Lipinski definition) is 1. The molecule has 0 bridgehead atoms. The van der Waals surface area contributed by atoms with E-state index in [-0.39, 0.29) is 18.4 Å². The highest BCUT2D eigenvalue weighted by atomic mass is 19.1. The van der Waals surface area contributed by atoms with Gasteiger partial charge in [-0.2, -0.15) is 10.2 Å². The minimum absolute atomic E-state index is 0.0199. The summed E-state index contributed by atoms with van der Waals surface area (Å²) in [6.45, 7) is 1.13. The topological polar surface area (TPSA) is 108 Å². The Morgan fingerprint density at radius 3 is 3.10 bits per heavy atom. The van der Waals surface area contributed by atoms with E-state index >= 15 is 0 Å². The molecule has 0 saturated carbocycles. The standard InChI is InChI=1S/C20H20FN7O2/c1-30-18-9-16(24-14-3-2-8-27(12-14)19(29)6-7-22)25-20(26-18)15-10-23-17-5-4-13(21)11-28(15)17/h4-5,9-11,14H,2-3,6,8,12H2,1H3,(H,24,25,26). The first-order valence-electron chi connectivity index (χ1n) is 9.54. The highest BCUT2D eigenvalue weighted by molar-refractivity contribution is 5.78. The molecular weight excluding hydrogens is 389 g/mol. The zero-order valence-electron chi connectivity index (χ0n) is 16.4. The SMILES string of the molecule is COc1cc(NC2CCCN(C(=O)CC#N)C2)nc(-c2cnc3ccc(F)cn23)n1. The average molecular weight is 409 g/mol. The molecule has 0 radical (unpaired) electrons. The van der Waals surface area contributed by atoms with E-state index in [1.165, 1.54) is 19.4 Å². The van der Waals surface area contributed by atoms with Gasteiger partial charge in [-0.1, -0.05) is 0 Å². The van der Waals surface area contributed by atoms with Crippen molar-refractivity contribution >= 4 is 17.4 Å². The van der Waals surface area contributed by atoms with Crippen molar-refractivity contribution in [3.05, 3.63) is 36.4 Å². The number of nitriles is 1. The third-order valence-corrected chi connectivity index (χ3v) is 4.97. The smallest absolute Gasteiger partial charge is 0.236 e. The molecule has 0 spiro atoms. The van der Waals surface area contributed by atoms with E-state index in [9.17, 15) is 9.18 Å². The van der Waals surface area contributed by atoms with Crippen molar-refractivity contribution < 1.29 is 13.9 Å². The molecule has 1 aliphatic heterocycles. The molecule has 0 aromatic carbocycles. The molecule has 1 aliphatic rings. The lowest BCUT2D eigenvalue weighted by Gasteiger charge is -2.33. The molecule has 1 unspecified atom stereocenters. The van der Waals surface area contributed by atoms with Crippen LogP contribution in [0.5, 0.6) is 5.88 Å². The first kappa shape index (κ1) is 19.6. The number of carbonyl (C=O) groups excluding carboxylic acids is 1. The van der Waals surface area contributed by atoms with Crippen LogP contribution in [0.15, 0.2) is 30.6 Å². The van der Waals surface area contributed by atoms with Crippen LogP contribution >= 0.6 is 0 Å².